The molecule has 82 valence electrons. The van der Waals surface area contributed by atoms with Crippen LogP contribution in [0.2, 0.25) is 0 Å². The molecule has 0 amide bonds. The van der Waals surface area contributed by atoms with E-state index in [1.165, 1.54) is 12.8 Å². The Morgan fingerprint density at radius 1 is 1.19 bits per heavy atom. The Morgan fingerprint density at radius 3 is 2.69 bits per heavy atom. The van der Waals surface area contributed by atoms with Crippen LogP contribution in [0.3, 0.4) is 0 Å². The van der Waals surface area contributed by atoms with Crippen molar-refractivity contribution < 1.29 is 0 Å². The highest BCUT2D eigenvalue weighted by molar-refractivity contribution is 5.73. The van der Waals surface area contributed by atoms with Crippen molar-refractivity contribution in [2.45, 2.75) is 19.8 Å². The lowest BCUT2D eigenvalue weighted by Crippen LogP contribution is -2.14. The van der Waals surface area contributed by atoms with Crippen molar-refractivity contribution >= 4 is 17.0 Å². The molecule has 1 fully saturated rings. The number of nitrogens with zero attached hydrogens (tertiary/aromatic N) is 3. The fraction of sp³-hybridized carbons (Fsp3) is 0.417. The van der Waals surface area contributed by atoms with Crippen LogP contribution in [0.4, 0.5) is 5.95 Å². The minimum Gasteiger partial charge on any atom is -0.352 e. The number of hydrogen-bond donors (Lipinski definition) is 1. The summed E-state index contributed by atoms with van der Waals surface area (Å²) >= 11 is 0. The fourth-order valence-electron chi connectivity index (χ4n) is 1.64. The second kappa shape index (κ2) is 3.40. The second-order valence-electron chi connectivity index (χ2n) is 4.79. The maximum absolute atomic E-state index is 4.42. The molecule has 1 aliphatic rings. The van der Waals surface area contributed by atoms with E-state index in [0.29, 0.717) is 11.4 Å². The summed E-state index contributed by atoms with van der Waals surface area (Å²) in [4.78, 5) is 4.42. The molecule has 4 heteroatoms. The molecule has 4 nitrogen and oxygen atoms in total. The van der Waals surface area contributed by atoms with Gasteiger partial charge in [-0.25, -0.2) is 4.98 Å². The fourth-order valence-corrected chi connectivity index (χ4v) is 1.64. The third-order valence-corrected chi connectivity index (χ3v) is 3.14. The summed E-state index contributed by atoms with van der Waals surface area (Å²) in [7, 11) is 0. The number of para-hydroxylation sites is 1. The third-order valence-electron chi connectivity index (χ3n) is 3.14. The summed E-state index contributed by atoms with van der Waals surface area (Å²) in [6.45, 7) is 3.21. The van der Waals surface area contributed by atoms with Crippen LogP contribution in [0.25, 0.3) is 11.0 Å². The van der Waals surface area contributed by atoms with E-state index >= 15 is 0 Å². The molecule has 1 aromatic carbocycles. The van der Waals surface area contributed by atoms with Gasteiger partial charge in [0.05, 0.1) is 5.52 Å². The van der Waals surface area contributed by atoms with Gasteiger partial charge in [0.25, 0.3) is 0 Å². The summed E-state index contributed by atoms with van der Waals surface area (Å²) in [5.74, 6) is 0.631. The Kier molecular flexibility index (Phi) is 2.02. The van der Waals surface area contributed by atoms with Crippen molar-refractivity contribution in [3.8, 4) is 0 Å². The van der Waals surface area contributed by atoms with Gasteiger partial charge in [0.1, 0.15) is 5.52 Å². The Hall–Kier alpha value is -1.71. The first-order valence-electron chi connectivity index (χ1n) is 5.59. The molecule has 1 aromatic heterocycles. The van der Waals surface area contributed by atoms with Gasteiger partial charge in [-0.3, -0.25) is 0 Å². The summed E-state index contributed by atoms with van der Waals surface area (Å²) in [5, 5.41) is 11.4. The lowest BCUT2D eigenvalue weighted by Gasteiger charge is -2.09. The zero-order valence-corrected chi connectivity index (χ0v) is 9.27. The highest BCUT2D eigenvalue weighted by Gasteiger charge is 2.36. The van der Waals surface area contributed by atoms with E-state index in [0.717, 1.165) is 17.6 Å². The molecule has 3 rings (SSSR count). The monoisotopic (exact) mass is 214 g/mol. The topological polar surface area (TPSA) is 50.7 Å². The van der Waals surface area contributed by atoms with Crippen molar-refractivity contribution in [2.24, 2.45) is 5.41 Å². The molecular weight excluding hydrogens is 200 g/mol. The van der Waals surface area contributed by atoms with Crippen molar-refractivity contribution in [3.05, 3.63) is 24.3 Å². The van der Waals surface area contributed by atoms with E-state index in [1.807, 2.05) is 24.3 Å². The van der Waals surface area contributed by atoms with E-state index in [4.69, 9.17) is 0 Å². The average Bonchev–Trinajstić information content (AvgIpc) is 3.05. The highest BCUT2D eigenvalue weighted by Crippen LogP contribution is 2.44. The zero-order valence-electron chi connectivity index (χ0n) is 9.27. The third kappa shape index (κ3) is 1.83. The predicted octanol–water partition coefficient (Wildman–Crippen LogP) is 2.24. The van der Waals surface area contributed by atoms with E-state index < -0.39 is 0 Å². The van der Waals surface area contributed by atoms with Crippen molar-refractivity contribution in [3.63, 3.8) is 0 Å². The Labute approximate surface area is 94.1 Å². The summed E-state index contributed by atoms with van der Waals surface area (Å²) in [6, 6.07) is 7.77. The number of fused-ring (bicyclic) bond motifs is 1. The number of rotatable bonds is 3. The van der Waals surface area contributed by atoms with Crippen molar-refractivity contribution in [1.29, 1.82) is 0 Å². The molecule has 0 unspecified atom stereocenters. The predicted molar refractivity (Wildman–Crippen MR) is 63.2 cm³/mol. The maximum Gasteiger partial charge on any atom is 0.243 e. The van der Waals surface area contributed by atoms with Gasteiger partial charge in [-0.05, 0) is 30.4 Å². The van der Waals surface area contributed by atoms with Gasteiger partial charge in [-0.2, -0.15) is 0 Å². The van der Waals surface area contributed by atoms with Crippen LogP contribution >= 0.6 is 0 Å². The van der Waals surface area contributed by atoms with Crippen molar-refractivity contribution in [2.75, 3.05) is 11.9 Å². The number of nitrogens with one attached hydrogen (secondary N) is 1. The molecule has 0 atom stereocenters. The normalized spacial score (nSPS) is 17.3. The first kappa shape index (κ1) is 9.51. The molecule has 1 heterocycles. The summed E-state index contributed by atoms with van der Waals surface area (Å²) < 4.78 is 0. The number of hydrogen-bond acceptors (Lipinski definition) is 4. The van der Waals surface area contributed by atoms with Crippen LogP contribution in [0.15, 0.2) is 24.3 Å². The van der Waals surface area contributed by atoms with Crippen LogP contribution in [0.1, 0.15) is 19.8 Å². The van der Waals surface area contributed by atoms with E-state index in [9.17, 15) is 0 Å². The molecule has 0 radical (unpaired) electrons. The van der Waals surface area contributed by atoms with E-state index in [2.05, 4.69) is 27.4 Å². The largest absolute Gasteiger partial charge is 0.352 e. The SMILES string of the molecule is CC1(CNc2nnc3ccccc3n2)CC1. The standard InChI is InChI=1S/C12H14N4/c1-12(6-7-12)8-13-11-14-9-4-2-3-5-10(9)15-16-11/h2-5H,6-8H2,1H3,(H,13,14,16). The number of benzene rings is 1. The smallest absolute Gasteiger partial charge is 0.243 e. The molecular formula is C12H14N4. The Morgan fingerprint density at radius 2 is 1.94 bits per heavy atom. The molecule has 16 heavy (non-hydrogen) atoms. The Bertz CT molecular complexity index is 519. The van der Waals surface area contributed by atoms with Gasteiger partial charge in [0.15, 0.2) is 0 Å². The van der Waals surface area contributed by atoms with Crippen LogP contribution in [0, 0.1) is 5.41 Å². The van der Waals surface area contributed by atoms with Crippen molar-refractivity contribution in [1.82, 2.24) is 15.2 Å². The van der Waals surface area contributed by atoms with Crippen LogP contribution in [-0.4, -0.2) is 21.7 Å². The molecule has 1 saturated carbocycles. The molecule has 0 aliphatic heterocycles. The molecule has 0 spiro atoms. The van der Waals surface area contributed by atoms with Crippen LogP contribution in [-0.2, 0) is 0 Å². The van der Waals surface area contributed by atoms with Gasteiger partial charge < -0.3 is 5.32 Å². The van der Waals surface area contributed by atoms with E-state index in [1.54, 1.807) is 0 Å². The van der Waals surface area contributed by atoms with Gasteiger partial charge >= 0.3 is 0 Å². The summed E-state index contributed by atoms with van der Waals surface area (Å²) in [6.07, 6.45) is 2.59. The Balaban J connectivity index is 1.81. The first-order valence-corrected chi connectivity index (χ1v) is 5.59. The zero-order chi connectivity index (χ0) is 11.0. The number of aromatic nitrogens is 3. The summed E-state index contributed by atoms with van der Waals surface area (Å²) in [5.41, 5.74) is 2.18. The first-order chi connectivity index (χ1) is 7.75. The lowest BCUT2D eigenvalue weighted by atomic mass is 10.1. The molecule has 0 bridgehead atoms. The molecule has 2 aromatic rings. The van der Waals surface area contributed by atoms with Gasteiger partial charge in [0, 0.05) is 6.54 Å². The van der Waals surface area contributed by atoms with E-state index in [-0.39, 0.29) is 0 Å². The van der Waals surface area contributed by atoms with Gasteiger partial charge in [0.2, 0.25) is 5.95 Å². The minimum atomic E-state index is 0.453. The van der Waals surface area contributed by atoms with Crippen LogP contribution in [0.5, 0.6) is 0 Å². The lowest BCUT2D eigenvalue weighted by molar-refractivity contribution is 0.607. The maximum atomic E-state index is 4.42. The molecule has 1 aliphatic carbocycles. The quantitative estimate of drug-likeness (QED) is 0.851. The van der Waals surface area contributed by atoms with Gasteiger partial charge in [-0.1, -0.05) is 19.1 Å². The highest BCUT2D eigenvalue weighted by atomic mass is 15.2. The van der Waals surface area contributed by atoms with Crippen LogP contribution < -0.4 is 5.32 Å². The molecule has 0 saturated heterocycles. The minimum absolute atomic E-state index is 0.453. The second-order valence-corrected chi connectivity index (χ2v) is 4.79. The molecule has 1 N–H and O–H groups in total. The average molecular weight is 214 g/mol. The number of anilines is 1. The van der Waals surface area contributed by atoms with Gasteiger partial charge in [-0.15, -0.1) is 10.2 Å².